The number of hydrogen-bond donors (Lipinski definition) is 2. The highest BCUT2D eigenvalue weighted by Gasteiger charge is 2.13. The summed E-state index contributed by atoms with van der Waals surface area (Å²) in [5.41, 5.74) is 7.07. The summed E-state index contributed by atoms with van der Waals surface area (Å²) < 4.78 is 0. The molecule has 0 saturated carbocycles. The fourth-order valence-corrected chi connectivity index (χ4v) is 3.60. The highest BCUT2D eigenvalue weighted by Crippen LogP contribution is 2.33. The predicted octanol–water partition coefficient (Wildman–Crippen LogP) is 2.17. The molecule has 0 aromatic carbocycles. The Morgan fingerprint density at radius 3 is 2.93 bits per heavy atom. The van der Waals surface area contributed by atoms with E-state index in [0.29, 0.717) is 11.8 Å². The normalized spacial score (nSPS) is 13.1. The molecule has 0 fully saturated rings. The highest BCUT2D eigenvalue weighted by molar-refractivity contribution is 7.99. The molecule has 0 saturated heterocycles. The van der Waals surface area contributed by atoms with Crippen LogP contribution in [0.1, 0.15) is 22.1 Å². The van der Waals surface area contributed by atoms with Crippen LogP contribution in [0.4, 0.5) is 0 Å². The van der Waals surface area contributed by atoms with Crippen molar-refractivity contribution in [2.45, 2.75) is 18.6 Å². The molecule has 0 spiro atoms. The Morgan fingerprint density at radius 1 is 1.64 bits per heavy atom. The first-order chi connectivity index (χ1) is 6.79. The van der Waals surface area contributed by atoms with E-state index in [1.165, 1.54) is 10.4 Å². The summed E-state index contributed by atoms with van der Waals surface area (Å²) in [5.74, 6) is 0.982. The van der Waals surface area contributed by atoms with Gasteiger partial charge in [0, 0.05) is 18.0 Å². The summed E-state index contributed by atoms with van der Waals surface area (Å²) in [6, 6.07) is 2.13. The van der Waals surface area contributed by atoms with E-state index in [9.17, 15) is 0 Å². The molecule has 1 aromatic rings. The van der Waals surface area contributed by atoms with Gasteiger partial charge in [0.05, 0.1) is 5.25 Å². The van der Waals surface area contributed by atoms with Gasteiger partial charge in [-0.15, -0.1) is 11.3 Å². The fraction of sp³-hybridized carbons (Fsp3) is 0.600. The molecule has 1 atom stereocenters. The Balaban J connectivity index is 2.50. The van der Waals surface area contributed by atoms with Crippen molar-refractivity contribution < 1.29 is 5.11 Å². The molecule has 0 radical (unpaired) electrons. The van der Waals surface area contributed by atoms with Crippen LogP contribution in [-0.2, 0) is 0 Å². The van der Waals surface area contributed by atoms with Crippen LogP contribution in [0, 0.1) is 6.92 Å². The summed E-state index contributed by atoms with van der Waals surface area (Å²) in [6.45, 7) is 3.08. The quantitative estimate of drug-likeness (QED) is 0.738. The average molecular weight is 231 g/mol. The molecule has 1 heterocycles. The van der Waals surface area contributed by atoms with E-state index >= 15 is 0 Å². The lowest BCUT2D eigenvalue weighted by Crippen LogP contribution is -2.09. The van der Waals surface area contributed by atoms with Gasteiger partial charge < -0.3 is 10.8 Å². The molecule has 0 aliphatic carbocycles. The van der Waals surface area contributed by atoms with Crippen LogP contribution < -0.4 is 5.73 Å². The molecule has 1 rings (SSSR count). The largest absolute Gasteiger partial charge is 0.396 e. The fourth-order valence-electron chi connectivity index (χ4n) is 1.26. The Kier molecular flexibility index (Phi) is 5.55. The second kappa shape index (κ2) is 6.45. The molecule has 1 aromatic heterocycles. The van der Waals surface area contributed by atoms with E-state index in [1.807, 2.05) is 11.8 Å². The van der Waals surface area contributed by atoms with E-state index < -0.39 is 0 Å². The van der Waals surface area contributed by atoms with E-state index in [2.05, 4.69) is 18.4 Å². The molecule has 1 unspecified atom stereocenters. The molecule has 2 nitrogen and oxygen atoms in total. The summed E-state index contributed by atoms with van der Waals surface area (Å²) in [5, 5.41) is 11.2. The van der Waals surface area contributed by atoms with Gasteiger partial charge in [0.15, 0.2) is 0 Å². The minimum Gasteiger partial charge on any atom is -0.396 e. The molecule has 0 aliphatic rings. The lowest BCUT2D eigenvalue weighted by Gasteiger charge is -2.13. The van der Waals surface area contributed by atoms with Gasteiger partial charge in [-0.05, 0) is 36.1 Å². The summed E-state index contributed by atoms with van der Waals surface area (Å²) in [4.78, 5) is 1.38. The molecule has 0 aliphatic heterocycles. The van der Waals surface area contributed by atoms with Gasteiger partial charge in [0.1, 0.15) is 0 Å². The molecule has 3 N–H and O–H groups in total. The molecule has 4 heteroatoms. The van der Waals surface area contributed by atoms with Crippen molar-refractivity contribution in [2.24, 2.45) is 5.73 Å². The number of aryl methyl sites for hydroxylation is 1. The van der Waals surface area contributed by atoms with Crippen LogP contribution >= 0.6 is 23.1 Å². The zero-order chi connectivity index (χ0) is 10.4. The van der Waals surface area contributed by atoms with Crippen molar-refractivity contribution in [1.29, 1.82) is 0 Å². The van der Waals surface area contributed by atoms with Crippen molar-refractivity contribution in [2.75, 3.05) is 18.9 Å². The van der Waals surface area contributed by atoms with Crippen LogP contribution in [0.5, 0.6) is 0 Å². The van der Waals surface area contributed by atoms with Gasteiger partial charge in [-0.25, -0.2) is 0 Å². The van der Waals surface area contributed by atoms with Crippen LogP contribution in [-0.4, -0.2) is 24.0 Å². The first kappa shape index (κ1) is 12.0. The number of thioether (sulfide) groups is 1. The maximum Gasteiger partial charge on any atom is 0.0516 e. The molecular formula is C10H17NOS2. The smallest absolute Gasteiger partial charge is 0.0516 e. The Hall–Kier alpha value is -0.0300. The number of nitrogens with two attached hydrogens (primary N) is 1. The molecule has 0 amide bonds. The average Bonchev–Trinajstić information content (AvgIpc) is 2.60. The van der Waals surface area contributed by atoms with Gasteiger partial charge in [0.25, 0.3) is 0 Å². The second-order valence-electron chi connectivity index (χ2n) is 3.14. The SMILES string of the molecule is Cc1ccsc1C(CN)SCCCO. The molecule has 14 heavy (non-hydrogen) atoms. The maximum atomic E-state index is 8.70. The van der Waals surface area contributed by atoms with E-state index in [-0.39, 0.29) is 6.61 Å². The van der Waals surface area contributed by atoms with Crippen LogP contribution in [0.2, 0.25) is 0 Å². The highest BCUT2D eigenvalue weighted by atomic mass is 32.2. The van der Waals surface area contributed by atoms with E-state index in [1.54, 1.807) is 11.3 Å². The number of rotatable bonds is 6. The van der Waals surface area contributed by atoms with E-state index in [0.717, 1.165) is 12.2 Å². The zero-order valence-electron chi connectivity index (χ0n) is 8.40. The van der Waals surface area contributed by atoms with Crippen molar-refractivity contribution in [1.82, 2.24) is 0 Å². The topological polar surface area (TPSA) is 46.2 Å². The maximum absolute atomic E-state index is 8.70. The van der Waals surface area contributed by atoms with Crippen molar-refractivity contribution >= 4 is 23.1 Å². The number of thiophene rings is 1. The predicted molar refractivity (Wildman–Crippen MR) is 65.0 cm³/mol. The zero-order valence-corrected chi connectivity index (χ0v) is 10.0. The Labute approximate surface area is 93.5 Å². The third kappa shape index (κ3) is 3.28. The van der Waals surface area contributed by atoms with Crippen LogP contribution in [0.25, 0.3) is 0 Å². The monoisotopic (exact) mass is 231 g/mol. The van der Waals surface area contributed by atoms with Gasteiger partial charge in [-0.3, -0.25) is 0 Å². The van der Waals surface area contributed by atoms with Gasteiger partial charge in [-0.2, -0.15) is 11.8 Å². The van der Waals surface area contributed by atoms with Gasteiger partial charge in [-0.1, -0.05) is 0 Å². The number of aliphatic hydroxyl groups excluding tert-OH is 1. The van der Waals surface area contributed by atoms with Gasteiger partial charge in [0.2, 0.25) is 0 Å². The first-order valence-electron chi connectivity index (χ1n) is 4.76. The Morgan fingerprint density at radius 2 is 2.43 bits per heavy atom. The number of hydrogen-bond acceptors (Lipinski definition) is 4. The summed E-state index contributed by atoms with van der Waals surface area (Å²) >= 11 is 3.62. The molecule has 0 bridgehead atoms. The standard InChI is InChI=1S/C10H17NOS2/c1-8-3-6-14-10(8)9(7-11)13-5-2-4-12/h3,6,9,12H,2,4-5,7,11H2,1H3. The third-order valence-corrected chi connectivity index (χ3v) is 4.67. The summed E-state index contributed by atoms with van der Waals surface area (Å²) in [7, 11) is 0. The minimum absolute atomic E-state index is 0.272. The van der Waals surface area contributed by atoms with Crippen LogP contribution in [0.3, 0.4) is 0 Å². The lowest BCUT2D eigenvalue weighted by atomic mass is 10.2. The minimum atomic E-state index is 0.272. The second-order valence-corrected chi connectivity index (χ2v) is 5.40. The first-order valence-corrected chi connectivity index (χ1v) is 6.69. The molecule has 80 valence electrons. The Bertz CT molecular complexity index is 262. The van der Waals surface area contributed by atoms with Gasteiger partial charge >= 0.3 is 0 Å². The summed E-state index contributed by atoms with van der Waals surface area (Å²) in [6.07, 6.45) is 0.853. The third-order valence-electron chi connectivity index (χ3n) is 2.03. The molecular weight excluding hydrogens is 214 g/mol. The van der Waals surface area contributed by atoms with Crippen molar-refractivity contribution in [3.63, 3.8) is 0 Å². The van der Waals surface area contributed by atoms with Crippen LogP contribution in [0.15, 0.2) is 11.4 Å². The van der Waals surface area contributed by atoms with Crippen molar-refractivity contribution in [3.05, 3.63) is 21.9 Å². The van der Waals surface area contributed by atoms with E-state index in [4.69, 9.17) is 10.8 Å². The van der Waals surface area contributed by atoms with Crippen molar-refractivity contribution in [3.8, 4) is 0 Å². The number of aliphatic hydroxyl groups is 1. The lowest BCUT2D eigenvalue weighted by molar-refractivity contribution is 0.296.